The van der Waals surface area contributed by atoms with Gasteiger partial charge in [0.05, 0.1) is 12.6 Å². The van der Waals surface area contributed by atoms with E-state index in [2.05, 4.69) is 65.1 Å². The van der Waals surface area contributed by atoms with Gasteiger partial charge in [0.2, 0.25) is 0 Å². The number of hydrogen-bond donors (Lipinski definition) is 1. The van der Waals surface area contributed by atoms with E-state index in [1.54, 1.807) is 0 Å². The lowest BCUT2D eigenvalue weighted by Crippen LogP contribution is -2.13. The van der Waals surface area contributed by atoms with Gasteiger partial charge in [-0.25, -0.2) is 4.79 Å². The molecule has 1 aromatic carbocycles. The molecule has 2 aromatic rings. The summed E-state index contributed by atoms with van der Waals surface area (Å²) in [5.74, 6) is -0.394. The van der Waals surface area contributed by atoms with Crippen LogP contribution in [0.4, 0.5) is 0 Å². The molecule has 0 atom stereocenters. The van der Waals surface area contributed by atoms with Crippen LogP contribution in [-0.2, 0) is 14.9 Å². The molecule has 1 heterocycles. The van der Waals surface area contributed by atoms with Crippen LogP contribution < -0.4 is 5.56 Å². The summed E-state index contributed by atoms with van der Waals surface area (Å²) in [7, 11) is 1.31. The third kappa shape index (κ3) is 5.06. The van der Waals surface area contributed by atoms with Gasteiger partial charge in [-0.05, 0) is 57.4 Å². The number of ether oxygens (including phenoxy) is 1. The number of carbonyl (C=O) groups is 1. The minimum atomic E-state index is -0.394. The van der Waals surface area contributed by atoms with Gasteiger partial charge in [0.1, 0.15) is 0 Å². The number of halogens is 1. The lowest BCUT2D eigenvalue weighted by atomic mass is 9.86. The Hall–Kier alpha value is -1.88. The highest BCUT2D eigenvalue weighted by Gasteiger charge is 2.16. The smallest absolute Gasteiger partial charge is 0.329 e. The Balaban J connectivity index is 0.000000379. The summed E-state index contributed by atoms with van der Waals surface area (Å²) in [4.78, 5) is 24.3. The summed E-state index contributed by atoms with van der Waals surface area (Å²) in [5, 5.41) is 1.07. The summed E-state index contributed by atoms with van der Waals surface area (Å²) < 4.78 is 5.08. The van der Waals surface area contributed by atoms with Crippen LogP contribution >= 0.6 is 15.9 Å². The van der Waals surface area contributed by atoms with Crippen molar-refractivity contribution in [1.29, 1.82) is 0 Å². The fourth-order valence-corrected chi connectivity index (χ4v) is 2.48. The highest BCUT2D eigenvalue weighted by atomic mass is 79.9. The van der Waals surface area contributed by atoms with Gasteiger partial charge in [0, 0.05) is 16.1 Å². The first-order valence-electron chi connectivity index (χ1n) is 7.14. The number of rotatable bonds is 1. The fraction of sp³-hybridized carbons (Fsp3) is 0.333. The number of carbonyl (C=O) groups excluding carboxylic acids is 1. The molecule has 0 aliphatic rings. The first-order chi connectivity index (χ1) is 10.6. The van der Waals surface area contributed by atoms with Crippen molar-refractivity contribution in [3.63, 3.8) is 0 Å². The molecule has 124 valence electrons. The molecule has 0 spiro atoms. The van der Waals surface area contributed by atoms with Gasteiger partial charge in [-0.1, -0.05) is 27.4 Å². The van der Waals surface area contributed by atoms with E-state index < -0.39 is 5.97 Å². The predicted octanol–water partition coefficient (Wildman–Crippen LogP) is 4.24. The summed E-state index contributed by atoms with van der Waals surface area (Å²) in [6.45, 7) is 11.5. The molecule has 0 saturated carbocycles. The molecule has 1 aromatic heterocycles. The van der Waals surface area contributed by atoms with Crippen molar-refractivity contribution in [1.82, 2.24) is 4.98 Å². The SMILES string of the molecule is C=CC(=O)OC.Cc1cc2cc(C(C)(C)C)cc(Br)c2[nH]c1=O. The van der Waals surface area contributed by atoms with Crippen LogP contribution in [0.1, 0.15) is 31.9 Å². The van der Waals surface area contributed by atoms with E-state index in [0.717, 1.165) is 27.0 Å². The van der Waals surface area contributed by atoms with E-state index >= 15 is 0 Å². The maximum absolute atomic E-state index is 11.6. The van der Waals surface area contributed by atoms with Crippen LogP contribution in [0, 0.1) is 6.92 Å². The van der Waals surface area contributed by atoms with Crippen molar-refractivity contribution >= 4 is 32.8 Å². The Kier molecular flexibility index (Phi) is 6.33. The van der Waals surface area contributed by atoms with Gasteiger partial charge in [0.15, 0.2) is 0 Å². The number of H-pyrrole nitrogens is 1. The van der Waals surface area contributed by atoms with E-state index in [1.807, 2.05) is 13.0 Å². The lowest BCUT2D eigenvalue weighted by molar-refractivity contribution is -0.134. The van der Waals surface area contributed by atoms with E-state index in [0.29, 0.717) is 0 Å². The zero-order chi connectivity index (χ0) is 17.8. The molecular weight excluding hydrogens is 358 g/mol. The monoisotopic (exact) mass is 379 g/mol. The van der Waals surface area contributed by atoms with Crippen LogP contribution in [0.5, 0.6) is 0 Å². The number of pyridine rings is 1. The van der Waals surface area contributed by atoms with Gasteiger partial charge in [-0.2, -0.15) is 0 Å². The van der Waals surface area contributed by atoms with Crippen molar-refractivity contribution in [3.8, 4) is 0 Å². The van der Waals surface area contributed by atoms with Gasteiger partial charge in [-0.15, -0.1) is 0 Å². The standard InChI is InChI=1S/C14H16BrNO.C4H6O2/c1-8-5-9-6-10(14(2,3)4)7-11(15)12(9)16-13(8)17;1-3-4(5)6-2/h5-7H,1-4H3,(H,16,17);3H,1H2,2H3. The van der Waals surface area contributed by atoms with Gasteiger partial charge in [-0.3, -0.25) is 4.79 Å². The Morgan fingerprint density at radius 2 is 1.91 bits per heavy atom. The fourth-order valence-electron chi connectivity index (χ4n) is 1.90. The number of esters is 1. The Morgan fingerprint density at radius 1 is 1.30 bits per heavy atom. The first kappa shape index (κ1) is 19.2. The number of hydrogen-bond acceptors (Lipinski definition) is 3. The third-order valence-corrected chi connectivity index (χ3v) is 3.95. The lowest BCUT2D eigenvalue weighted by Gasteiger charge is -2.20. The molecule has 1 N–H and O–H groups in total. The average Bonchev–Trinajstić information content (AvgIpc) is 2.48. The second-order valence-corrected chi connectivity index (χ2v) is 7.04. The van der Waals surface area contributed by atoms with E-state index in [-0.39, 0.29) is 11.0 Å². The quantitative estimate of drug-likeness (QED) is 0.595. The maximum Gasteiger partial charge on any atom is 0.329 e. The van der Waals surface area contributed by atoms with Crippen molar-refractivity contribution in [2.24, 2.45) is 0 Å². The minimum Gasteiger partial charge on any atom is -0.466 e. The molecule has 0 unspecified atom stereocenters. The molecule has 0 bridgehead atoms. The second-order valence-electron chi connectivity index (χ2n) is 6.18. The van der Waals surface area contributed by atoms with Crippen LogP contribution in [0.2, 0.25) is 0 Å². The second kappa shape index (κ2) is 7.59. The minimum absolute atomic E-state index is 0.0262. The Morgan fingerprint density at radius 3 is 2.35 bits per heavy atom. The van der Waals surface area contributed by atoms with Crippen LogP contribution in [0.15, 0.2) is 40.1 Å². The van der Waals surface area contributed by atoms with Crippen LogP contribution in [0.3, 0.4) is 0 Å². The summed E-state index contributed by atoms with van der Waals surface area (Å²) in [6, 6.07) is 6.16. The van der Waals surface area contributed by atoms with E-state index in [9.17, 15) is 9.59 Å². The molecule has 0 fully saturated rings. The number of benzene rings is 1. The van der Waals surface area contributed by atoms with E-state index in [4.69, 9.17) is 0 Å². The van der Waals surface area contributed by atoms with Crippen molar-refractivity contribution < 1.29 is 9.53 Å². The summed E-state index contributed by atoms with van der Waals surface area (Å²) in [5.41, 5.74) is 2.94. The van der Waals surface area contributed by atoms with Crippen molar-refractivity contribution in [2.75, 3.05) is 7.11 Å². The number of nitrogens with one attached hydrogen (secondary N) is 1. The normalized spacial score (nSPS) is 10.7. The highest BCUT2D eigenvalue weighted by Crippen LogP contribution is 2.30. The molecule has 5 heteroatoms. The molecule has 4 nitrogen and oxygen atoms in total. The molecule has 0 aliphatic carbocycles. The third-order valence-electron chi connectivity index (χ3n) is 3.32. The van der Waals surface area contributed by atoms with Crippen LogP contribution in [-0.4, -0.2) is 18.1 Å². The molecule has 0 amide bonds. The van der Waals surface area contributed by atoms with E-state index in [1.165, 1.54) is 12.7 Å². The zero-order valence-corrected chi connectivity index (χ0v) is 15.7. The number of methoxy groups -OCH3 is 1. The zero-order valence-electron chi connectivity index (χ0n) is 14.1. The number of fused-ring (bicyclic) bond motifs is 1. The molecular formula is C18H22BrNO3. The molecule has 0 radical (unpaired) electrons. The number of aryl methyl sites for hydroxylation is 1. The predicted molar refractivity (Wildman–Crippen MR) is 97.9 cm³/mol. The van der Waals surface area contributed by atoms with Gasteiger partial charge in [0.25, 0.3) is 5.56 Å². The molecule has 0 saturated heterocycles. The molecule has 2 rings (SSSR count). The Labute approximate surface area is 144 Å². The highest BCUT2D eigenvalue weighted by molar-refractivity contribution is 9.10. The van der Waals surface area contributed by atoms with Crippen molar-refractivity contribution in [2.45, 2.75) is 33.1 Å². The van der Waals surface area contributed by atoms with Gasteiger partial charge >= 0.3 is 5.97 Å². The largest absolute Gasteiger partial charge is 0.466 e. The molecule has 0 aliphatic heterocycles. The van der Waals surface area contributed by atoms with Crippen LogP contribution in [0.25, 0.3) is 10.9 Å². The maximum atomic E-state index is 11.6. The number of aromatic nitrogens is 1. The average molecular weight is 380 g/mol. The van der Waals surface area contributed by atoms with Crippen molar-refractivity contribution in [3.05, 3.63) is 56.8 Å². The topological polar surface area (TPSA) is 59.2 Å². The summed E-state index contributed by atoms with van der Waals surface area (Å²) >= 11 is 3.53. The van der Waals surface area contributed by atoms with Gasteiger partial charge < -0.3 is 9.72 Å². The molecule has 23 heavy (non-hydrogen) atoms. The first-order valence-corrected chi connectivity index (χ1v) is 7.93. The summed E-state index contributed by atoms with van der Waals surface area (Å²) in [6.07, 6.45) is 1.11. The Bertz CT molecular complexity index is 785. The number of aromatic amines is 1.